The molecular formula is C47H24N4O+2. The average molecular weight is 661 g/mol. The molecule has 0 radical (unpaired) electrons. The van der Waals surface area contributed by atoms with E-state index in [1.165, 1.54) is 109 Å². The molecular weight excluding hydrogens is 637 g/mol. The Morgan fingerprint density at radius 2 is 1.17 bits per heavy atom. The van der Waals surface area contributed by atoms with Gasteiger partial charge in [-0.2, -0.15) is 4.40 Å². The minimum absolute atomic E-state index is 0.696. The van der Waals surface area contributed by atoms with Crippen molar-refractivity contribution >= 4 is 98.1 Å². The highest BCUT2D eigenvalue weighted by molar-refractivity contribution is 6.33. The Labute approximate surface area is 293 Å². The molecule has 12 aromatic rings. The monoisotopic (exact) mass is 660 g/mol. The summed E-state index contributed by atoms with van der Waals surface area (Å²) in [5.74, 6) is 1.84. The molecule has 1 unspecified atom stereocenters. The van der Waals surface area contributed by atoms with E-state index in [2.05, 4.69) is 164 Å². The molecule has 5 nitrogen and oxygen atoms in total. The molecule has 5 aromatic heterocycles. The van der Waals surface area contributed by atoms with Gasteiger partial charge >= 0.3 is 11.3 Å². The number of fused-ring (bicyclic) bond motifs is 16. The normalized spacial score (nSPS) is 16.7. The van der Waals surface area contributed by atoms with Crippen molar-refractivity contribution in [3.05, 3.63) is 157 Å². The van der Waals surface area contributed by atoms with E-state index in [-0.39, 0.29) is 0 Å². The summed E-state index contributed by atoms with van der Waals surface area (Å²) >= 11 is 0. The summed E-state index contributed by atoms with van der Waals surface area (Å²) in [5.41, 5.74) is 11.5. The smallest absolute Gasteiger partial charge is 0.372 e. The predicted octanol–water partition coefficient (Wildman–Crippen LogP) is 10.0. The third kappa shape index (κ3) is 2.32. The lowest BCUT2D eigenvalue weighted by molar-refractivity contribution is -0.934. The lowest BCUT2D eigenvalue weighted by Gasteiger charge is -2.28. The SMILES string of the molecule is c1ccc2c(c1)cc1c3ccc[n+]4c3c3c5c(ccc3n21)Oc1ccc2c3c1C54[n+]1c4ccccc4n(c4c5ccccc5c5ccccc5c24)c31. The van der Waals surface area contributed by atoms with Crippen LogP contribution in [0.4, 0.5) is 0 Å². The van der Waals surface area contributed by atoms with Crippen LogP contribution in [0.15, 0.2) is 146 Å². The van der Waals surface area contributed by atoms with E-state index in [0.29, 0.717) is 0 Å². The maximum atomic E-state index is 7.09. The molecule has 5 heteroatoms. The first-order chi connectivity index (χ1) is 25.8. The zero-order valence-corrected chi connectivity index (χ0v) is 27.6. The van der Waals surface area contributed by atoms with Crippen LogP contribution in [0.5, 0.6) is 11.5 Å². The molecule has 0 bridgehead atoms. The van der Waals surface area contributed by atoms with Crippen LogP contribution in [0.25, 0.3) is 98.1 Å². The fraction of sp³-hybridized carbons (Fsp3) is 0.0213. The standard InChI is InChI=1S/C47H24N4O/c1-6-16-32-25(10-1)24-36-30-15-9-23-48-44(30)41-35(49(32)36)20-22-38-43(41)47(48)42-37(52-38)21-19-31-39-28-13-4-2-11-26(28)27-12-3-5-14-29(27)45(39)50-33-17-7-8-18-34(33)51(47)46(50)40(31)42/h1-24H/q+2. The first-order valence-electron chi connectivity index (χ1n) is 18.0. The van der Waals surface area contributed by atoms with Crippen molar-refractivity contribution < 1.29 is 13.9 Å². The molecule has 1 spiro atoms. The molecule has 0 saturated carbocycles. The first kappa shape index (κ1) is 25.0. The number of pyridine rings is 3. The molecule has 3 aliphatic rings. The second kappa shape index (κ2) is 7.83. The largest absolute Gasteiger partial charge is 0.456 e. The van der Waals surface area contributed by atoms with Crippen LogP contribution >= 0.6 is 0 Å². The number of hydrogen-bond donors (Lipinski definition) is 0. The van der Waals surface area contributed by atoms with Crippen molar-refractivity contribution in [1.82, 2.24) is 8.80 Å². The van der Waals surface area contributed by atoms with Crippen molar-refractivity contribution in [2.24, 2.45) is 0 Å². The molecule has 7 aromatic carbocycles. The Bertz CT molecular complexity index is 3790. The maximum absolute atomic E-state index is 7.09. The summed E-state index contributed by atoms with van der Waals surface area (Å²) < 4.78 is 17.4. The molecule has 1 atom stereocenters. The van der Waals surface area contributed by atoms with Gasteiger partial charge in [0, 0.05) is 27.6 Å². The zero-order valence-electron chi connectivity index (χ0n) is 27.6. The molecule has 236 valence electrons. The number of imidazole rings is 1. The van der Waals surface area contributed by atoms with Gasteiger partial charge in [-0.15, -0.1) is 9.13 Å². The van der Waals surface area contributed by atoms with E-state index in [1.807, 2.05) is 0 Å². The fourth-order valence-corrected chi connectivity index (χ4v) is 11.1. The summed E-state index contributed by atoms with van der Waals surface area (Å²) in [5, 5.41) is 12.6. The van der Waals surface area contributed by atoms with Crippen LogP contribution in [-0.2, 0) is 5.66 Å². The number of ether oxygens (including phenoxy) is 1. The summed E-state index contributed by atoms with van der Waals surface area (Å²) in [7, 11) is 0. The van der Waals surface area contributed by atoms with E-state index in [9.17, 15) is 0 Å². The van der Waals surface area contributed by atoms with Crippen LogP contribution in [0.3, 0.4) is 0 Å². The Kier molecular flexibility index (Phi) is 3.77. The molecule has 0 aliphatic carbocycles. The van der Waals surface area contributed by atoms with Gasteiger partial charge in [-0.05, 0) is 70.8 Å². The molecule has 52 heavy (non-hydrogen) atoms. The highest BCUT2D eigenvalue weighted by atomic mass is 16.5. The third-order valence-electron chi connectivity index (χ3n) is 12.8. The Morgan fingerprint density at radius 3 is 2.06 bits per heavy atom. The lowest BCUT2D eigenvalue weighted by atomic mass is 9.85. The van der Waals surface area contributed by atoms with E-state index in [1.54, 1.807) is 0 Å². The summed E-state index contributed by atoms with van der Waals surface area (Å²) in [6, 6.07) is 51.7. The average Bonchev–Trinajstić information content (AvgIpc) is 3.94. The van der Waals surface area contributed by atoms with Crippen LogP contribution in [0.2, 0.25) is 0 Å². The zero-order chi connectivity index (χ0) is 33.2. The second-order valence-electron chi connectivity index (χ2n) is 14.8. The van der Waals surface area contributed by atoms with Gasteiger partial charge in [0.1, 0.15) is 28.1 Å². The van der Waals surface area contributed by atoms with Gasteiger partial charge in [0.2, 0.25) is 5.52 Å². The van der Waals surface area contributed by atoms with Crippen molar-refractivity contribution in [2.75, 3.05) is 0 Å². The number of benzene rings is 7. The summed E-state index contributed by atoms with van der Waals surface area (Å²) in [4.78, 5) is 0. The van der Waals surface area contributed by atoms with Gasteiger partial charge in [-0.25, -0.2) is 0 Å². The van der Waals surface area contributed by atoms with Gasteiger partial charge in [0.15, 0.2) is 17.2 Å². The van der Waals surface area contributed by atoms with Gasteiger partial charge < -0.3 is 9.14 Å². The number of para-hydroxylation sites is 3. The third-order valence-corrected chi connectivity index (χ3v) is 12.8. The van der Waals surface area contributed by atoms with Crippen molar-refractivity contribution in [1.29, 1.82) is 0 Å². The highest BCUT2D eigenvalue weighted by Crippen LogP contribution is 2.59. The summed E-state index contributed by atoms with van der Waals surface area (Å²) in [6.45, 7) is 0. The van der Waals surface area contributed by atoms with Gasteiger partial charge in [-0.3, -0.25) is 0 Å². The molecule has 0 amide bonds. The van der Waals surface area contributed by atoms with E-state index in [0.717, 1.165) is 11.5 Å². The van der Waals surface area contributed by atoms with Gasteiger partial charge in [0.05, 0.1) is 32.7 Å². The lowest BCUT2D eigenvalue weighted by Crippen LogP contribution is -2.72. The number of aromatic nitrogens is 4. The quantitative estimate of drug-likeness (QED) is 0.117. The van der Waals surface area contributed by atoms with Crippen LogP contribution in [0.1, 0.15) is 11.1 Å². The maximum Gasteiger partial charge on any atom is 0.372 e. The Balaban J connectivity index is 1.28. The number of hydrogen-bond acceptors (Lipinski definition) is 1. The van der Waals surface area contributed by atoms with Gasteiger partial charge in [0.25, 0.3) is 0 Å². The Hall–Kier alpha value is -6.98. The first-order valence-corrected chi connectivity index (χ1v) is 18.0. The molecule has 8 heterocycles. The molecule has 0 saturated heterocycles. The van der Waals surface area contributed by atoms with Crippen LogP contribution < -0.4 is 13.9 Å². The van der Waals surface area contributed by atoms with Crippen molar-refractivity contribution in [3.8, 4) is 11.5 Å². The van der Waals surface area contributed by atoms with Crippen LogP contribution in [-0.4, -0.2) is 8.80 Å². The van der Waals surface area contributed by atoms with Crippen molar-refractivity contribution in [2.45, 2.75) is 5.66 Å². The van der Waals surface area contributed by atoms with Crippen molar-refractivity contribution in [3.63, 3.8) is 0 Å². The predicted molar refractivity (Wildman–Crippen MR) is 207 cm³/mol. The molecule has 15 rings (SSSR count). The Morgan fingerprint density at radius 1 is 0.481 bits per heavy atom. The summed E-state index contributed by atoms with van der Waals surface area (Å²) in [6.07, 6.45) is 2.32. The van der Waals surface area contributed by atoms with Crippen LogP contribution in [0, 0.1) is 0 Å². The fourth-order valence-electron chi connectivity index (χ4n) is 11.1. The van der Waals surface area contributed by atoms with Gasteiger partial charge in [-0.1, -0.05) is 78.9 Å². The number of rotatable bonds is 0. The minimum Gasteiger partial charge on any atom is -0.456 e. The van der Waals surface area contributed by atoms with E-state index >= 15 is 0 Å². The van der Waals surface area contributed by atoms with E-state index in [4.69, 9.17) is 4.74 Å². The molecule has 3 aliphatic heterocycles. The molecule has 0 fully saturated rings. The molecule has 0 N–H and O–H groups in total. The van der Waals surface area contributed by atoms with E-state index < -0.39 is 5.66 Å². The highest BCUT2D eigenvalue weighted by Gasteiger charge is 2.68. The topological polar surface area (TPSA) is 25.8 Å². The second-order valence-corrected chi connectivity index (χ2v) is 14.8. The number of nitrogens with zero attached hydrogens (tertiary/aromatic N) is 4. The minimum atomic E-state index is -0.696.